The first-order valence-corrected chi connectivity index (χ1v) is 9.02. The molecule has 0 spiro atoms. The van der Waals surface area contributed by atoms with Crippen LogP contribution in [0.1, 0.15) is 25.3 Å². The van der Waals surface area contributed by atoms with Crippen molar-refractivity contribution >= 4 is 45.8 Å². The first-order valence-electron chi connectivity index (χ1n) is 7.94. The summed E-state index contributed by atoms with van der Waals surface area (Å²) in [7, 11) is 0. The molecule has 0 saturated heterocycles. The van der Waals surface area contributed by atoms with Crippen molar-refractivity contribution in [2.75, 3.05) is 5.32 Å². The SMILES string of the molecule is C/C(Cc1ccccc1)=N/NC(=O)CCC(=O)Nc1ccc(I)cc1. The molecule has 0 atom stereocenters. The number of rotatable bonds is 7. The van der Waals surface area contributed by atoms with Gasteiger partial charge in [-0.3, -0.25) is 9.59 Å². The number of nitrogens with one attached hydrogen (secondary N) is 2. The molecule has 0 aliphatic rings. The Labute approximate surface area is 161 Å². The topological polar surface area (TPSA) is 70.6 Å². The summed E-state index contributed by atoms with van der Waals surface area (Å²) in [4.78, 5) is 23.7. The first kappa shape index (κ1) is 19.1. The third-order valence-electron chi connectivity index (χ3n) is 3.38. The zero-order valence-electron chi connectivity index (χ0n) is 14.0. The predicted octanol–water partition coefficient (Wildman–Crippen LogP) is 3.74. The summed E-state index contributed by atoms with van der Waals surface area (Å²) in [6.07, 6.45) is 0.887. The molecule has 2 N–H and O–H groups in total. The van der Waals surface area contributed by atoms with Gasteiger partial charge < -0.3 is 5.32 Å². The number of carbonyl (C=O) groups is 2. The van der Waals surface area contributed by atoms with Gasteiger partial charge in [0.2, 0.25) is 11.8 Å². The molecule has 0 heterocycles. The molecule has 0 aliphatic heterocycles. The van der Waals surface area contributed by atoms with Gasteiger partial charge in [-0.2, -0.15) is 5.10 Å². The van der Waals surface area contributed by atoms with Crippen molar-refractivity contribution in [2.24, 2.45) is 5.10 Å². The molecule has 0 saturated carbocycles. The van der Waals surface area contributed by atoms with E-state index in [1.807, 2.05) is 61.5 Å². The first-order chi connectivity index (χ1) is 12.0. The average molecular weight is 449 g/mol. The highest BCUT2D eigenvalue weighted by Crippen LogP contribution is 2.11. The molecule has 0 aliphatic carbocycles. The molecule has 2 aromatic carbocycles. The summed E-state index contributed by atoms with van der Waals surface area (Å²) in [6, 6.07) is 17.4. The van der Waals surface area contributed by atoms with E-state index in [2.05, 4.69) is 38.4 Å². The molecule has 6 heteroatoms. The largest absolute Gasteiger partial charge is 0.326 e. The summed E-state index contributed by atoms with van der Waals surface area (Å²) in [5, 5.41) is 6.84. The van der Waals surface area contributed by atoms with Crippen molar-refractivity contribution in [3.05, 3.63) is 63.7 Å². The normalized spacial score (nSPS) is 11.0. The van der Waals surface area contributed by atoms with Gasteiger partial charge in [-0.25, -0.2) is 5.43 Å². The third kappa shape index (κ3) is 7.47. The second-order valence-electron chi connectivity index (χ2n) is 5.60. The van der Waals surface area contributed by atoms with Crippen molar-refractivity contribution in [1.82, 2.24) is 5.43 Å². The summed E-state index contributed by atoms with van der Waals surface area (Å²) in [5.74, 6) is -0.466. The summed E-state index contributed by atoms with van der Waals surface area (Å²) in [6.45, 7) is 1.86. The fourth-order valence-corrected chi connectivity index (χ4v) is 2.49. The number of hydrogen-bond donors (Lipinski definition) is 2. The van der Waals surface area contributed by atoms with Gasteiger partial charge >= 0.3 is 0 Å². The molecule has 130 valence electrons. The number of halogens is 1. The van der Waals surface area contributed by atoms with E-state index in [9.17, 15) is 9.59 Å². The van der Waals surface area contributed by atoms with Crippen molar-refractivity contribution in [2.45, 2.75) is 26.2 Å². The standard InChI is InChI=1S/C19H20IN3O2/c1-14(13-15-5-3-2-4-6-15)22-23-19(25)12-11-18(24)21-17-9-7-16(20)8-10-17/h2-10H,11-13H2,1H3,(H,21,24)(H,23,25)/b22-14-. The van der Waals surface area contributed by atoms with Gasteiger partial charge in [0.15, 0.2) is 0 Å². The summed E-state index contributed by atoms with van der Waals surface area (Å²) < 4.78 is 1.10. The molecule has 2 rings (SSSR count). The second kappa shape index (κ2) is 9.93. The molecule has 0 bridgehead atoms. The van der Waals surface area contributed by atoms with E-state index >= 15 is 0 Å². The van der Waals surface area contributed by atoms with Gasteiger partial charge in [0.25, 0.3) is 0 Å². The zero-order valence-corrected chi connectivity index (χ0v) is 16.1. The maximum Gasteiger partial charge on any atom is 0.240 e. The van der Waals surface area contributed by atoms with Crippen LogP contribution in [0.25, 0.3) is 0 Å². The number of anilines is 1. The van der Waals surface area contributed by atoms with Crippen LogP contribution in [0, 0.1) is 3.57 Å². The number of nitrogens with zero attached hydrogens (tertiary/aromatic N) is 1. The lowest BCUT2D eigenvalue weighted by atomic mass is 10.1. The Hall–Kier alpha value is -2.22. The molecule has 0 radical (unpaired) electrons. The fourth-order valence-electron chi connectivity index (χ4n) is 2.13. The fraction of sp³-hybridized carbons (Fsp3) is 0.211. The summed E-state index contributed by atoms with van der Waals surface area (Å²) >= 11 is 2.20. The van der Waals surface area contributed by atoms with Gasteiger partial charge in [0.1, 0.15) is 0 Å². The Bertz CT molecular complexity index is 743. The molecule has 2 aromatic rings. The monoisotopic (exact) mass is 449 g/mol. The number of amides is 2. The Morgan fingerprint density at radius 2 is 1.60 bits per heavy atom. The lowest BCUT2D eigenvalue weighted by molar-refractivity contribution is -0.124. The minimum atomic E-state index is -0.273. The van der Waals surface area contributed by atoms with Crippen LogP contribution in [0.4, 0.5) is 5.69 Å². The van der Waals surface area contributed by atoms with Gasteiger partial charge in [-0.05, 0) is 59.3 Å². The van der Waals surface area contributed by atoms with Crippen LogP contribution in [0.2, 0.25) is 0 Å². The van der Waals surface area contributed by atoms with Crippen molar-refractivity contribution in [3.63, 3.8) is 0 Å². The molecule has 0 fully saturated rings. The highest BCUT2D eigenvalue weighted by Gasteiger charge is 2.07. The predicted molar refractivity (Wildman–Crippen MR) is 108 cm³/mol. The third-order valence-corrected chi connectivity index (χ3v) is 4.10. The number of carbonyl (C=O) groups excluding carboxylic acids is 2. The maximum absolute atomic E-state index is 11.9. The van der Waals surface area contributed by atoms with Crippen molar-refractivity contribution < 1.29 is 9.59 Å². The Kier molecular flexibility index (Phi) is 7.59. The Morgan fingerprint density at radius 3 is 2.28 bits per heavy atom. The quantitative estimate of drug-likeness (QED) is 0.384. The molecule has 5 nitrogen and oxygen atoms in total. The molecule has 2 amide bonds. The van der Waals surface area contributed by atoms with E-state index in [4.69, 9.17) is 0 Å². The lowest BCUT2D eigenvalue weighted by Crippen LogP contribution is -2.22. The van der Waals surface area contributed by atoms with E-state index in [1.165, 1.54) is 0 Å². The van der Waals surface area contributed by atoms with Gasteiger partial charge in [0.05, 0.1) is 0 Å². The minimum absolute atomic E-state index is 0.0956. The molecule has 25 heavy (non-hydrogen) atoms. The smallest absolute Gasteiger partial charge is 0.240 e. The number of hydrazone groups is 1. The minimum Gasteiger partial charge on any atom is -0.326 e. The van der Waals surface area contributed by atoms with Crippen LogP contribution >= 0.6 is 22.6 Å². The highest BCUT2D eigenvalue weighted by atomic mass is 127. The van der Waals surface area contributed by atoms with Gasteiger partial charge in [-0.1, -0.05) is 30.3 Å². The second-order valence-corrected chi connectivity index (χ2v) is 6.85. The van der Waals surface area contributed by atoms with Crippen LogP contribution < -0.4 is 10.7 Å². The van der Waals surface area contributed by atoms with E-state index < -0.39 is 0 Å². The number of hydrogen-bond acceptors (Lipinski definition) is 3. The van der Waals surface area contributed by atoms with Gasteiger partial charge in [-0.15, -0.1) is 0 Å². The Balaban J connectivity index is 1.71. The van der Waals surface area contributed by atoms with Crippen LogP contribution in [0.3, 0.4) is 0 Å². The molecule has 0 aromatic heterocycles. The summed E-state index contributed by atoms with van der Waals surface area (Å²) in [5.41, 5.74) is 5.16. The number of benzene rings is 2. The van der Waals surface area contributed by atoms with E-state index in [0.717, 1.165) is 20.5 Å². The highest BCUT2D eigenvalue weighted by molar-refractivity contribution is 14.1. The molecule has 0 unspecified atom stereocenters. The Morgan fingerprint density at radius 1 is 0.960 bits per heavy atom. The van der Waals surface area contributed by atoms with Crippen LogP contribution in [0.15, 0.2) is 59.7 Å². The molecular formula is C19H20IN3O2. The average Bonchev–Trinajstić information content (AvgIpc) is 2.61. The van der Waals surface area contributed by atoms with Crippen LogP contribution in [-0.4, -0.2) is 17.5 Å². The molecular weight excluding hydrogens is 429 g/mol. The van der Waals surface area contributed by atoms with E-state index in [1.54, 1.807) is 0 Å². The zero-order chi connectivity index (χ0) is 18.1. The van der Waals surface area contributed by atoms with E-state index in [-0.39, 0.29) is 24.7 Å². The van der Waals surface area contributed by atoms with Gasteiger partial charge in [0, 0.05) is 34.2 Å². The van der Waals surface area contributed by atoms with Crippen LogP contribution in [0.5, 0.6) is 0 Å². The van der Waals surface area contributed by atoms with Crippen LogP contribution in [-0.2, 0) is 16.0 Å². The van der Waals surface area contributed by atoms with Crippen molar-refractivity contribution in [3.8, 4) is 0 Å². The van der Waals surface area contributed by atoms with Crippen molar-refractivity contribution in [1.29, 1.82) is 0 Å². The van der Waals surface area contributed by atoms with E-state index in [0.29, 0.717) is 6.42 Å². The lowest BCUT2D eigenvalue weighted by Gasteiger charge is -2.05. The maximum atomic E-state index is 11.9.